The summed E-state index contributed by atoms with van der Waals surface area (Å²) in [5.41, 5.74) is 4.70. The lowest BCUT2D eigenvalue weighted by molar-refractivity contribution is -0.111. The number of hydrogen-bond acceptors (Lipinski definition) is 1. The number of rotatable bonds is 3. The van der Waals surface area contributed by atoms with Crippen LogP contribution in [0.25, 0.3) is 6.08 Å². The monoisotopic (exact) mass is 263 g/mol. The van der Waals surface area contributed by atoms with Crippen LogP contribution in [0.3, 0.4) is 0 Å². The van der Waals surface area contributed by atoms with Gasteiger partial charge in [0.2, 0.25) is 5.91 Å². The maximum Gasteiger partial charge on any atom is 0.248 e. The highest BCUT2D eigenvalue weighted by Gasteiger charge is 2.11. The Morgan fingerprint density at radius 2 is 1.80 bits per heavy atom. The molecule has 0 atom stereocenters. The fourth-order valence-corrected chi connectivity index (χ4v) is 2.57. The lowest BCUT2D eigenvalue weighted by Crippen LogP contribution is -2.07. The Morgan fingerprint density at radius 3 is 2.65 bits per heavy atom. The van der Waals surface area contributed by atoms with Gasteiger partial charge in [0.05, 0.1) is 0 Å². The molecular weight excluding hydrogens is 246 g/mol. The third-order valence-corrected chi connectivity index (χ3v) is 3.59. The van der Waals surface area contributed by atoms with E-state index in [2.05, 4.69) is 17.4 Å². The average Bonchev–Trinajstić information content (AvgIpc) is 2.94. The predicted octanol–water partition coefficient (Wildman–Crippen LogP) is 3.83. The summed E-state index contributed by atoms with van der Waals surface area (Å²) in [6.45, 7) is 0. The Hall–Kier alpha value is -2.35. The van der Waals surface area contributed by atoms with Crippen LogP contribution >= 0.6 is 0 Å². The van der Waals surface area contributed by atoms with E-state index in [9.17, 15) is 4.79 Å². The van der Waals surface area contributed by atoms with Crippen molar-refractivity contribution in [3.05, 3.63) is 71.3 Å². The molecule has 1 amide bonds. The number of nitrogens with one attached hydrogen (secondary N) is 1. The number of carbonyl (C=O) groups excluding carboxylic acids is 1. The molecule has 2 heteroatoms. The number of hydrogen-bond donors (Lipinski definition) is 1. The molecule has 0 aromatic heterocycles. The zero-order valence-corrected chi connectivity index (χ0v) is 11.3. The summed E-state index contributed by atoms with van der Waals surface area (Å²) in [6, 6.07) is 16.0. The van der Waals surface area contributed by atoms with Gasteiger partial charge < -0.3 is 5.32 Å². The number of aryl methyl sites for hydroxylation is 2. The van der Waals surface area contributed by atoms with E-state index in [-0.39, 0.29) is 5.91 Å². The predicted molar refractivity (Wildman–Crippen MR) is 82.6 cm³/mol. The topological polar surface area (TPSA) is 29.1 Å². The van der Waals surface area contributed by atoms with Gasteiger partial charge in [0.15, 0.2) is 0 Å². The summed E-state index contributed by atoms with van der Waals surface area (Å²) >= 11 is 0. The van der Waals surface area contributed by atoms with Gasteiger partial charge in [-0.2, -0.15) is 0 Å². The fraction of sp³-hybridized carbons (Fsp3) is 0.167. The van der Waals surface area contributed by atoms with E-state index in [0.29, 0.717) is 0 Å². The molecule has 0 saturated heterocycles. The van der Waals surface area contributed by atoms with E-state index < -0.39 is 0 Å². The highest BCUT2D eigenvalue weighted by molar-refractivity contribution is 6.02. The molecule has 0 heterocycles. The van der Waals surface area contributed by atoms with Gasteiger partial charge in [0.1, 0.15) is 0 Å². The molecule has 1 aliphatic carbocycles. The van der Waals surface area contributed by atoms with Gasteiger partial charge in [0, 0.05) is 11.8 Å². The summed E-state index contributed by atoms with van der Waals surface area (Å²) < 4.78 is 0. The molecule has 0 aliphatic heterocycles. The zero-order valence-electron chi connectivity index (χ0n) is 11.3. The Labute approximate surface area is 119 Å². The Kier molecular flexibility index (Phi) is 3.64. The maximum atomic E-state index is 11.9. The average molecular weight is 263 g/mol. The summed E-state index contributed by atoms with van der Waals surface area (Å²) in [6.07, 6.45) is 6.91. The van der Waals surface area contributed by atoms with Gasteiger partial charge >= 0.3 is 0 Å². The smallest absolute Gasteiger partial charge is 0.248 e. The molecule has 3 rings (SSSR count). The first-order valence-corrected chi connectivity index (χ1v) is 6.97. The second-order valence-corrected chi connectivity index (χ2v) is 5.07. The van der Waals surface area contributed by atoms with E-state index in [1.54, 1.807) is 6.08 Å². The summed E-state index contributed by atoms with van der Waals surface area (Å²) in [7, 11) is 0. The molecular formula is C18H17NO. The van der Waals surface area contributed by atoms with Crippen molar-refractivity contribution >= 4 is 17.7 Å². The molecule has 0 bridgehead atoms. The Morgan fingerprint density at radius 1 is 1.00 bits per heavy atom. The zero-order chi connectivity index (χ0) is 13.8. The van der Waals surface area contributed by atoms with E-state index in [1.165, 1.54) is 17.5 Å². The minimum atomic E-state index is -0.0909. The van der Waals surface area contributed by atoms with Crippen molar-refractivity contribution in [3.8, 4) is 0 Å². The van der Waals surface area contributed by atoms with Crippen LogP contribution in [0.1, 0.15) is 23.1 Å². The summed E-state index contributed by atoms with van der Waals surface area (Å²) in [5, 5.41) is 2.92. The molecule has 1 aliphatic rings. The van der Waals surface area contributed by atoms with Crippen LogP contribution in [0.15, 0.2) is 54.6 Å². The Bertz CT molecular complexity index is 644. The normalized spacial score (nSPS) is 13.4. The maximum absolute atomic E-state index is 11.9. The molecule has 0 unspecified atom stereocenters. The van der Waals surface area contributed by atoms with E-state index in [1.807, 2.05) is 42.5 Å². The largest absolute Gasteiger partial charge is 0.323 e. The van der Waals surface area contributed by atoms with Crippen molar-refractivity contribution in [1.29, 1.82) is 0 Å². The standard InChI is InChI=1S/C18H17NO/c20-18(12-9-14-5-2-1-3-6-14)19-17-11-10-15-7-4-8-16(15)13-17/h1-3,5-6,9-13H,4,7-8H2,(H,19,20)/b12-9-. The SMILES string of the molecule is O=C(/C=C\c1ccccc1)Nc1ccc2c(c1)CCC2. The van der Waals surface area contributed by atoms with E-state index in [4.69, 9.17) is 0 Å². The van der Waals surface area contributed by atoms with Crippen LogP contribution in [0.4, 0.5) is 5.69 Å². The second-order valence-electron chi connectivity index (χ2n) is 5.07. The van der Waals surface area contributed by atoms with Crippen molar-refractivity contribution in [2.75, 3.05) is 5.32 Å². The highest BCUT2D eigenvalue weighted by atomic mass is 16.1. The first-order valence-electron chi connectivity index (χ1n) is 6.97. The van der Waals surface area contributed by atoms with Gasteiger partial charge in [-0.15, -0.1) is 0 Å². The van der Waals surface area contributed by atoms with Crippen molar-refractivity contribution in [1.82, 2.24) is 0 Å². The van der Waals surface area contributed by atoms with Gasteiger partial charge in [-0.3, -0.25) is 4.79 Å². The third-order valence-electron chi connectivity index (χ3n) is 3.59. The number of benzene rings is 2. The quantitative estimate of drug-likeness (QED) is 0.838. The molecule has 2 aromatic rings. The van der Waals surface area contributed by atoms with Crippen LogP contribution in [0, 0.1) is 0 Å². The number of anilines is 1. The summed E-state index contributed by atoms with van der Waals surface area (Å²) in [5.74, 6) is -0.0909. The number of carbonyl (C=O) groups is 1. The number of amides is 1. The molecule has 20 heavy (non-hydrogen) atoms. The van der Waals surface area contributed by atoms with E-state index >= 15 is 0 Å². The fourth-order valence-electron chi connectivity index (χ4n) is 2.57. The second kappa shape index (κ2) is 5.74. The van der Waals surface area contributed by atoms with Gasteiger partial charge in [-0.1, -0.05) is 36.4 Å². The lowest BCUT2D eigenvalue weighted by Gasteiger charge is -2.05. The first kappa shape index (κ1) is 12.7. The number of fused-ring (bicyclic) bond motifs is 1. The van der Waals surface area contributed by atoms with Crippen LogP contribution in [-0.2, 0) is 17.6 Å². The van der Waals surface area contributed by atoms with Crippen LogP contribution in [0.5, 0.6) is 0 Å². The molecule has 0 radical (unpaired) electrons. The van der Waals surface area contributed by atoms with Crippen molar-refractivity contribution in [3.63, 3.8) is 0 Å². The summed E-state index contributed by atoms with van der Waals surface area (Å²) in [4.78, 5) is 11.9. The van der Waals surface area contributed by atoms with Crippen LogP contribution in [0.2, 0.25) is 0 Å². The van der Waals surface area contributed by atoms with Crippen molar-refractivity contribution < 1.29 is 4.79 Å². The molecule has 100 valence electrons. The molecule has 1 N–H and O–H groups in total. The van der Waals surface area contributed by atoms with E-state index in [0.717, 1.165) is 24.1 Å². The molecule has 2 nitrogen and oxygen atoms in total. The van der Waals surface area contributed by atoms with Crippen molar-refractivity contribution in [2.45, 2.75) is 19.3 Å². The molecule has 0 fully saturated rings. The Balaban J connectivity index is 1.66. The van der Waals surface area contributed by atoms with Crippen LogP contribution < -0.4 is 5.32 Å². The molecule has 2 aromatic carbocycles. The highest BCUT2D eigenvalue weighted by Crippen LogP contribution is 2.24. The third kappa shape index (κ3) is 2.97. The first-order chi connectivity index (χ1) is 9.81. The minimum Gasteiger partial charge on any atom is -0.323 e. The lowest BCUT2D eigenvalue weighted by atomic mass is 10.1. The van der Waals surface area contributed by atoms with Gasteiger partial charge in [-0.05, 0) is 54.2 Å². The molecule has 0 spiro atoms. The van der Waals surface area contributed by atoms with Crippen molar-refractivity contribution in [2.24, 2.45) is 0 Å². The minimum absolute atomic E-state index is 0.0909. The van der Waals surface area contributed by atoms with Crippen LogP contribution in [-0.4, -0.2) is 5.91 Å². The van der Waals surface area contributed by atoms with Gasteiger partial charge in [-0.25, -0.2) is 0 Å². The van der Waals surface area contributed by atoms with Gasteiger partial charge in [0.25, 0.3) is 0 Å². The molecule has 0 saturated carbocycles.